The van der Waals surface area contributed by atoms with Gasteiger partial charge in [-0.25, -0.2) is 0 Å². The third-order valence-electron chi connectivity index (χ3n) is 5.42. The molecule has 1 amide bonds. The highest BCUT2D eigenvalue weighted by molar-refractivity contribution is 5.76. The molecule has 3 N–H and O–H groups in total. The summed E-state index contributed by atoms with van der Waals surface area (Å²) in [5.74, 6) is 0.0347. The molecule has 4 nitrogen and oxygen atoms in total. The summed E-state index contributed by atoms with van der Waals surface area (Å²) >= 11 is 0. The number of primary amides is 1. The predicted molar refractivity (Wildman–Crippen MR) is 75.7 cm³/mol. The molecular formula is C15H27N3O. The van der Waals surface area contributed by atoms with Crippen LogP contribution in [0.25, 0.3) is 0 Å². The molecule has 3 fully saturated rings. The highest BCUT2D eigenvalue weighted by Gasteiger charge is 2.33. The van der Waals surface area contributed by atoms with Gasteiger partial charge in [0.15, 0.2) is 0 Å². The molecule has 0 bridgehead atoms. The van der Waals surface area contributed by atoms with Crippen molar-refractivity contribution in [1.29, 1.82) is 0 Å². The van der Waals surface area contributed by atoms with E-state index in [1.54, 1.807) is 0 Å². The van der Waals surface area contributed by atoms with Crippen LogP contribution in [-0.4, -0.2) is 42.0 Å². The van der Waals surface area contributed by atoms with E-state index in [0.29, 0.717) is 12.1 Å². The second-order valence-corrected chi connectivity index (χ2v) is 6.67. The molecule has 3 aliphatic rings. The van der Waals surface area contributed by atoms with Crippen molar-refractivity contribution in [2.24, 2.45) is 11.7 Å². The Bertz CT molecular complexity index is 325. The Morgan fingerprint density at radius 2 is 1.79 bits per heavy atom. The molecule has 0 aromatic rings. The Balaban J connectivity index is 1.44. The molecule has 2 atom stereocenters. The lowest BCUT2D eigenvalue weighted by molar-refractivity contribution is -0.122. The number of hydrogen-bond donors (Lipinski definition) is 2. The fourth-order valence-corrected chi connectivity index (χ4v) is 4.25. The fraction of sp³-hybridized carbons (Fsp3) is 0.933. The van der Waals surface area contributed by atoms with Gasteiger partial charge in [-0.15, -0.1) is 0 Å². The Morgan fingerprint density at radius 3 is 2.53 bits per heavy atom. The fourth-order valence-electron chi connectivity index (χ4n) is 4.25. The third kappa shape index (κ3) is 3.11. The van der Waals surface area contributed by atoms with E-state index in [9.17, 15) is 4.79 Å². The van der Waals surface area contributed by atoms with Gasteiger partial charge >= 0.3 is 0 Å². The van der Waals surface area contributed by atoms with E-state index in [-0.39, 0.29) is 11.8 Å². The molecule has 4 heteroatoms. The van der Waals surface area contributed by atoms with Crippen LogP contribution >= 0.6 is 0 Å². The van der Waals surface area contributed by atoms with Gasteiger partial charge in [0.25, 0.3) is 0 Å². The molecule has 2 heterocycles. The average molecular weight is 265 g/mol. The second-order valence-electron chi connectivity index (χ2n) is 6.67. The Hall–Kier alpha value is -0.610. The van der Waals surface area contributed by atoms with Crippen molar-refractivity contribution in [3.63, 3.8) is 0 Å². The van der Waals surface area contributed by atoms with Crippen LogP contribution in [0.3, 0.4) is 0 Å². The highest BCUT2D eigenvalue weighted by Crippen LogP contribution is 2.29. The summed E-state index contributed by atoms with van der Waals surface area (Å²) in [6.45, 7) is 2.60. The maximum Gasteiger partial charge on any atom is 0.220 e. The van der Waals surface area contributed by atoms with Crippen LogP contribution in [0.4, 0.5) is 0 Å². The van der Waals surface area contributed by atoms with E-state index in [1.807, 2.05) is 0 Å². The number of amides is 1. The van der Waals surface area contributed by atoms with Gasteiger partial charge < -0.3 is 16.0 Å². The van der Waals surface area contributed by atoms with Crippen molar-refractivity contribution in [3.8, 4) is 0 Å². The van der Waals surface area contributed by atoms with Gasteiger partial charge in [0.1, 0.15) is 0 Å². The number of piperidine rings is 1. The molecule has 1 saturated carbocycles. The minimum absolute atomic E-state index is 0.0993. The first-order chi connectivity index (χ1) is 9.22. The molecular weight excluding hydrogens is 238 g/mol. The maximum atomic E-state index is 11.2. The van der Waals surface area contributed by atoms with E-state index in [1.165, 1.54) is 38.8 Å². The van der Waals surface area contributed by atoms with Crippen LogP contribution < -0.4 is 11.1 Å². The normalized spacial score (nSPS) is 40.0. The van der Waals surface area contributed by atoms with E-state index in [0.717, 1.165) is 31.7 Å². The van der Waals surface area contributed by atoms with Gasteiger partial charge in [0.2, 0.25) is 5.91 Å². The largest absolute Gasteiger partial charge is 0.369 e. The Kier molecular flexibility index (Phi) is 4.08. The zero-order chi connectivity index (χ0) is 13.2. The summed E-state index contributed by atoms with van der Waals surface area (Å²) in [4.78, 5) is 13.8. The van der Waals surface area contributed by atoms with Crippen molar-refractivity contribution < 1.29 is 4.79 Å². The zero-order valence-corrected chi connectivity index (χ0v) is 11.8. The van der Waals surface area contributed by atoms with Crippen LogP contribution in [0, 0.1) is 5.92 Å². The lowest BCUT2D eigenvalue weighted by Gasteiger charge is -2.38. The van der Waals surface area contributed by atoms with Gasteiger partial charge in [-0.05, 0) is 64.5 Å². The van der Waals surface area contributed by atoms with Gasteiger partial charge in [0.05, 0.1) is 0 Å². The van der Waals surface area contributed by atoms with Crippen molar-refractivity contribution in [1.82, 2.24) is 10.2 Å². The summed E-state index contributed by atoms with van der Waals surface area (Å²) in [6.07, 6.45) is 9.62. The molecule has 0 aromatic heterocycles. The standard InChI is InChI=1S/C15H27N3O/c16-15(19)11-3-5-12(6-4-11)17-13-7-9-18-8-1-2-14(18)10-13/h11-14,17H,1-10H2,(H2,16,19). The van der Waals surface area contributed by atoms with Gasteiger partial charge in [-0.1, -0.05) is 0 Å². The van der Waals surface area contributed by atoms with E-state index in [2.05, 4.69) is 10.2 Å². The monoisotopic (exact) mass is 265 g/mol. The maximum absolute atomic E-state index is 11.2. The lowest BCUT2D eigenvalue weighted by Crippen LogP contribution is -2.49. The topological polar surface area (TPSA) is 58.4 Å². The molecule has 0 aromatic carbocycles. The van der Waals surface area contributed by atoms with Crippen molar-refractivity contribution in [2.45, 2.75) is 69.5 Å². The molecule has 0 radical (unpaired) electrons. The summed E-state index contributed by atoms with van der Waals surface area (Å²) in [6, 6.07) is 2.16. The van der Waals surface area contributed by atoms with E-state index >= 15 is 0 Å². The van der Waals surface area contributed by atoms with Crippen molar-refractivity contribution >= 4 is 5.91 Å². The molecule has 2 aliphatic heterocycles. The number of fused-ring (bicyclic) bond motifs is 1. The minimum atomic E-state index is -0.0993. The van der Waals surface area contributed by atoms with Crippen molar-refractivity contribution in [3.05, 3.63) is 0 Å². The summed E-state index contributed by atoms with van der Waals surface area (Å²) in [5.41, 5.74) is 5.39. The number of rotatable bonds is 3. The van der Waals surface area contributed by atoms with Crippen LogP contribution in [0.5, 0.6) is 0 Å². The summed E-state index contributed by atoms with van der Waals surface area (Å²) in [7, 11) is 0. The van der Waals surface area contributed by atoms with Gasteiger partial charge in [-0.3, -0.25) is 4.79 Å². The van der Waals surface area contributed by atoms with E-state index < -0.39 is 0 Å². The van der Waals surface area contributed by atoms with Crippen LogP contribution in [0.2, 0.25) is 0 Å². The second kappa shape index (κ2) is 5.80. The number of nitrogens with one attached hydrogen (secondary N) is 1. The van der Waals surface area contributed by atoms with Crippen molar-refractivity contribution in [2.75, 3.05) is 13.1 Å². The van der Waals surface area contributed by atoms with Crippen LogP contribution in [0.15, 0.2) is 0 Å². The van der Waals surface area contributed by atoms with Crippen LogP contribution in [-0.2, 0) is 4.79 Å². The molecule has 1 aliphatic carbocycles. The average Bonchev–Trinajstić information content (AvgIpc) is 2.87. The number of carbonyl (C=O) groups excluding carboxylic acids is 1. The first kappa shape index (κ1) is 13.4. The molecule has 2 saturated heterocycles. The minimum Gasteiger partial charge on any atom is -0.369 e. The number of nitrogens with two attached hydrogens (primary N) is 1. The first-order valence-corrected chi connectivity index (χ1v) is 8.02. The van der Waals surface area contributed by atoms with Gasteiger partial charge in [-0.2, -0.15) is 0 Å². The Morgan fingerprint density at radius 1 is 1.00 bits per heavy atom. The van der Waals surface area contributed by atoms with Gasteiger partial charge in [0, 0.05) is 24.0 Å². The zero-order valence-electron chi connectivity index (χ0n) is 11.8. The third-order valence-corrected chi connectivity index (χ3v) is 5.42. The molecule has 3 rings (SSSR count). The number of hydrogen-bond acceptors (Lipinski definition) is 3. The Labute approximate surface area is 116 Å². The molecule has 19 heavy (non-hydrogen) atoms. The quantitative estimate of drug-likeness (QED) is 0.807. The van der Waals surface area contributed by atoms with E-state index in [4.69, 9.17) is 5.73 Å². The first-order valence-electron chi connectivity index (χ1n) is 8.02. The lowest BCUT2D eigenvalue weighted by atomic mass is 9.84. The highest BCUT2D eigenvalue weighted by atomic mass is 16.1. The molecule has 108 valence electrons. The number of carbonyl (C=O) groups is 1. The summed E-state index contributed by atoms with van der Waals surface area (Å²) in [5, 5.41) is 3.85. The molecule has 2 unspecified atom stereocenters. The number of nitrogens with zero attached hydrogens (tertiary/aromatic N) is 1. The van der Waals surface area contributed by atoms with Crippen LogP contribution in [0.1, 0.15) is 51.4 Å². The summed E-state index contributed by atoms with van der Waals surface area (Å²) < 4.78 is 0. The SMILES string of the molecule is NC(=O)C1CCC(NC2CCN3CCCC3C2)CC1. The predicted octanol–water partition coefficient (Wildman–Crippen LogP) is 1.25. The molecule has 0 spiro atoms. The smallest absolute Gasteiger partial charge is 0.220 e.